The molecule has 5 nitrogen and oxygen atoms in total. The van der Waals surface area contributed by atoms with Crippen molar-refractivity contribution >= 4 is 28.5 Å². The molecule has 0 aliphatic heterocycles. The molecule has 0 N–H and O–H groups in total. The first-order chi connectivity index (χ1) is 12.9. The summed E-state index contributed by atoms with van der Waals surface area (Å²) in [5, 5.41) is 0.820. The van der Waals surface area contributed by atoms with Gasteiger partial charge in [-0.05, 0) is 50.1 Å². The van der Waals surface area contributed by atoms with E-state index in [0.29, 0.717) is 21.6 Å². The van der Waals surface area contributed by atoms with E-state index >= 15 is 0 Å². The SMILES string of the molecule is CCOC(=O)COc1c(-c2ccccc2Cl)oc2cc(C)cc(C)c2c1=O. The number of aryl methyl sites for hydroxylation is 2. The van der Waals surface area contributed by atoms with Crippen LogP contribution in [0.4, 0.5) is 0 Å². The molecule has 0 amide bonds. The summed E-state index contributed by atoms with van der Waals surface area (Å²) >= 11 is 6.30. The summed E-state index contributed by atoms with van der Waals surface area (Å²) in [7, 11) is 0. The second-order valence-electron chi connectivity index (χ2n) is 6.12. The molecule has 0 saturated heterocycles. The molecule has 0 aliphatic carbocycles. The number of rotatable bonds is 5. The summed E-state index contributed by atoms with van der Waals surface area (Å²) in [4.78, 5) is 24.9. The van der Waals surface area contributed by atoms with Gasteiger partial charge in [-0.25, -0.2) is 4.79 Å². The normalized spacial score (nSPS) is 10.8. The Morgan fingerprint density at radius 3 is 2.63 bits per heavy atom. The van der Waals surface area contributed by atoms with Crippen molar-refractivity contribution in [2.24, 2.45) is 0 Å². The molecule has 0 saturated carbocycles. The predicted molar refractivity (Wildman–Crippen MR) is 105 cm³/mol. The molecule has 1 heterocycles. The smallest absolute Gasteiger partial charge is 0.344 e. The minimum Gasteiger partial charge on any atom is -0.474 e. The number of halogens is 1. The molecule has 0 bridgehead atoms. The Kier molecular flexibility index (Phi) is 5.51. The maximum Gasteiger partial charge on any atom is 0.344 e. The van der Waals surface area contributed by atoms with E-state index in [4.69, 9.17) is 25.5 Å². The van der Waals surface area contributed by atoms with Gasteiger partial charge in [-0.3, -0.25) is 4.79 Å². The van der Waals surface area contributed by atoms with E-state index < -0.39 is 12.6 Å². The number of ether oxygens (including phenoxy) is 2. The fourth-order valence-corrected chi connectivity index (χ4v) is 3.18. The Labute approximate surface area is 161 Å². The zero-order chi connectivity index (χ0) is 19.6. The van der Waals surface area contributed by atoms with Crippen LogP contribution in [0, 0.1) is 13.8 Å². The lowest BCUT2D eigenvalue weighted by Gasteiger charge is -2.13. The molecule has 2 aromatic carbocycles. The van der Waals surface area contributed by atoms with Crippen molar-refractivity contribution in [2.45, 2.75) is 20.8 Å². The highest BCUT2D eigenvalue weighted by Gasteiger charge is 2.21. The van der Waals surface area contributed by atoms with Crippen LogP contribution in [0.2, 0.25) is 5.02 Å². The molecular weight excluding hydrogens is 368 g/mol. The van der Waals surface area contributed by atoms with Crippen molar-refractivity contribution in [3.63, 3.8) is 0 Å². The highest BCUT2D eigenvalue weighted by Crippen LogP contribution is 2.36. The van der Waals surface area contributed by atoms with E-state index in [1.54, 1.807) is 37.3 Å². The first kappa shape index (κ1) is 19.0. The highest BCUT2D eigenvalue weighted by atomic mass is 35.5. The summed E-state index contributed by atoms with van der Waals surface area (Å²) < 4.78 is 16.5. The standard InChI is InChI=1S/C21H19ClO5/c1-4-25-17(23)11-26-21-19(24)18-13(3)9-12(2)10-16(18)27-20(21)14-7-5-6-8-15(14)22/h5-10H,4,11H2,1-3H3. The summed E-state index contributed by atoms with van der Waals surface area (Å²) in [5.74, 6) is -0.439. The van der Waals surface area contributed by atoms with Crippen LogP contribution in [0.15, 0.2) is 45.6 Å². The zero-order valence-corrected chi connectivity index (χ0v) is 16.1. The summed E-state index contributed by atoms with van der Waals surface area (Å²) in [6.45, 7) is 5.28. The summed E-state index contributed by atoms with van der Waals surface area (Å²) in [6, 6.07) is 10.7. The van der Waals surface area contributed by atoms with Crippen LogP contribution >= 0.6 is 11.6 Å². The maximum absolute atomic E-state index is 13.2. The number of benzene rings is 2. The van der Waals surface area contributed by atoms with Gasteiger partial charge in [-0.15, -0.1) is 0 Å². The largest absolute Gasteiger partial charge is 0.474 e. The van der Waals surface area contributed by atoms with E-state index in [0.717, 1.165) is 11.1 Å². The fraction of sp³-hybridized carbons (Fsp3) is 0.238. The van der Waals surface area contributed by atoms with Crippen LogP contribution < -0.4 is 10.2 Å². The number of hydrogen-bond donors (Lipinski definition) is 0. The highest BCUT2D eigenvalue weighted by molar-refractivity contribution is 6.33. The molecule has 140 valence electrons. The number of fused-ring (bicyclic) bond motifs is 1. The van der Waals surface area contributed by atoms with Crippen LogP contribution in [0.5, 0.6) is 5.75 Å². The minimum atomic E-state index is -0.567. The molecule has 0 fully saturated rings. The average Bonchev–Trinajstić information content (AvgIpc) is 2.60. The molecule has 27 heavy (non-hydrogen) atoms. The lowest BCUT2D eigenvalue weighted by molar-refractivity contribution is -0.145. The Hall–Kier alpha value is -2.79. The third kappa shape index (κ3) is 3.83. The zero-order valence-electron chi connectivity index (χ0n) is 15.3. The van der Waals surface area contributed by atoms with Gasteiger partial charge in [0.15, 0.2) is 12.4 Å². The van der Waals surface area contributed by atoms with Gasteiger partial charge in [0.1, 0.15) is 5.58 Å². The van der Waals surface area contributed by atoms with E-state index in [1.165, 1.54) is 0 Å². The Bertz CT molecular complexity index is 1070. The van der Waals surface area contributed by atoms with Crippen LogP contribution in [0.3, 0.4) is 0 Å². The van der Waals surface area contributed by atoms with Gasteiger partial charge in [-0.2, -0.15) is 0 Å². The van der Waals surface area contributed by atoms with Gasteiger partial charge < -0.3 is 13.9 Å². The molecule has 0 radical (unpaired) electrons. The second-order valence-corrected chi connectivity index (χ2v) is 6.53. The number of esters is 1. The van der Waals surface area contributed by atoms with Crippen molar-refractivity contribution in [1.82, 2.24) is 0 Å². The lowest BCUT2D eigenvalue weighted by Crippen LogP contribution is -2.19. The van der Waals surface area contributed by atoms with Gasteiger partial charge in [0.05, 0.1) is 17.0 Å². The first-order valence-electron chi connectivity index (χ1n) is 8.53. The van der Waals surface area contributed by atoms with Crippen LogP contribution in [-0.2, 0) is 9.53 Å². The Morgan fingerprint density at radius 2 is 1.93 bits per heavy atom. The van der Waals surface area contributed by atoms with Crippen molar-refractivity contribution < 1.29 is 18.7 Å². The van der Waals surface area contributed by atoms with Crippen molar-refractivity contribution in [3.05, 3.63) is 62.8 Å². The van der Waals surface area contributed by atoms with E-state index in [-0.39, 0.29) is 23.5 Å². The summed E-state index contributed by atoms with van der Waals surface area (Å²) in [6.07, 6.45) is 0. The van der Waals surface area contributed by atoms with Gasteiger partial charge >= 0.3 is 5.97 Å². The third-order valence-corrected chi connectivity index (χ3v) is 4.38. The number of carbonyl (C=O) groups excluding carboxylic acids is 1. The van der Waals surface area contributed by atoms with E-state index in [9.17, 15) is 9.59 Å². The molecule has 0 spiro atoms. The van der Waals surface area contributed by atoms with Crippen LogP contribution in [-0.4, -0.2) is 19.2 Å². The monoisotopic (exact) mass is 386 g/mol. The molecule has 0 unspecified atom stereocenters. The van der Waals surface area contributed by atoms with Gasteiger partial charge in [0, 0.05) is 5.56 Å². The first-order valence-corrected chi connectivity index (χ1v) is 8.91. The molecule has 3 rings (SSSR count). The van der Waals surface area contributed by atoms with Crippen LogP contribution in [0.25, 0.3) is 22.3 Å². The molecule has 0 atom stereocenters. The lowest BCUT2D eigenvalue weighted by atomic mass is 10.0. The molecule has 3 aromatic rings. The molecule has 1 aromatic heterocycles. The van der Waals surface area contributed by atoms with Crippen molar-refractivity contribution in [2.75, 3.05) is 13.2 Å². The maximum atomic E-state index is 13.2. The summed E-state index contributed by atoms with van der Waals surface area (Å²) in [5.41, 5.74) is 2.33. The van der Waals surface area contributed by atoms with Crippen molar-refractivity contribution in [3.8, 4) is 17.1 Å². The third-order valence-electron chi connectivity index (χ3n) is 4.05. The molecule has 6 heteroatoms. The Morgan fingerprint density at radius 1 is 1.19 bits per heavy atom. The van der Waals surface area contributed by atoms with E-state index in [2.05, 4.69) is 0 Å². The minimum absolute atomic E-state index is 0.0596. The van der Waals surface area contributed by atoms with Crippen molar-refractivity contribution in [1.29, 1.82) is 0 Å². The topological polar surface area (TPSA) is 65.7 Å². The fourth-order valence-electron chi connectivity index (χ4n) is 2.96. The Balaban J connectivity index is 2.24. The average molecular weight is 387 g/mol. The van der Waals surface area contributed by atoms with Crippen LogP contribution in [0.1, 0.15) is 18.1 Å². The predicted octanol–water partition coefficient (Wildman–Crippen LogP) is 4.67. The molecular formula is C21H19ClO5. The van der Waals surface area contributed by atoms with Gasteiger partial charge in [0.25, 0.3) is 0 Å². The number of hydrogen-bond acceptors (Lipinski definition) is 5. The number of carbonyl (C=O) groups is 1. The molecule has 0 aliphatic rings. The second kappa shape index (κ2) is 7.84. The quantitative estimate of drug-likeness (QED) is 0.596. The van der Waals surface area contributed by atoms with E-state index in [1.807, 2.05) is 19.9 Å². The van der Waals surface area contributed by atoms with Gasteiger partial charge in [-0.1, -0.05) is 29.8 Å². The van der Waals surface area contributed by atoms with Gasteiger partial charge in [0.2, 0.25) is 11.2 Å².